The van der Waals surface area contributed by atoms with Gasteiger partial charge in [0, 0.05) is 0 Å². The number of aromatic nitrogens is 1. The normalized spacial score (nSPS) is 15.6. The van der Waals surface area contributed by atoms with Crippen LogP contribution >= 0.6 is 27.3 Å². The Morgan fingerprint density at radius 3 is 2.53 bits per heavy atom. The first kappa shape index (κ1) is 24.0. The maximum Gasteiger partial charge on any atom is 0.338 e. The number of benzene rings is 2. The predicted octanol–water partition coefficient (Wildman–Crippen LogP) is 3.58. The molecule has 1 aromatic heterocycles. The molecule has 176 valence electrons. The molecule has 0 bridgehead atoms. The molecule has 0 spiro atoms. The average molecular weight is 543 g/mol. The van der Waals surface area contributed by atoms with Crippen molar-refractivity contribution in [1.29, 1.82) is 0 Å². The van der Waals surface area contributed by atoms with Crippen molar-refractivity contribution >= 4 is 39.3 Å². The highest BCUT2D eigenvalue weighted by atomic mass is 79.9. The van der Waals surface area contributed by atoms with Crippen molar-refractivity contribution in [2.45, 2.75) is 19.9 Å². The molecule has 0 fully saturated rings. The van der Waals surface area contributed by atoms with Crippen LogP contribution in [0.15, 0.2) is 68.0 Å². The summed E-state index contributed by atoms with van der Waals surface area (Å²) in [6.07, 6.45) is 1.81. The van der Waals surface area contributed by atoms with Gasteiger partial charge in [-0.1, -0.05) is 29.5 Å². The summed E-state index contributed by atoms with van der Waals surface area (Å²) in [7, 11) is 3.18. The highest BCUT2D eigenvalue weighted by Crippen LogP contribution is 2.35. The first-order valence-electron chi connectivity index (χ1n) is 10.5. The van der Waals surface area contributed by atoms with Crippen molar-refractivity contribution in [2.24, 2.45) is 4.99 Å². The first-order chi connectivity index (χ1) is 16.4. The van der Waals surface area contributed by atoms with Crippen LogP contribution < -0.4 is 24.4 Å². The van der Waals surface area contributed by atoms with E-state index in [2.05, 4.69) is 20.9 Å². The number of ether oxygens (including phenoxy) is 3. The summed E-state index contributed by atoms with van der Waals surface area (Å²) in [5.41, 5.74) is 2.22. The van der Waals surface area contributed by atoms with Gasteiger partial charge in [-0.3, -0.25) is 9.36 Å². The van der Waals surface area contributed by atoms with Crippen LogP contribution in [0.4, 0.5) is 0 Å². The Hall–Kier alpha value is -3.17. The Labute approximate surface area is 208 Å². The van der Waals surface area contributed by atoms with Gasteiger partial charge in [-0.15, -0.1) is 0 Å². The first-order valence-corrected chi connectivity index (χ1v) is 12.2. The van der Waals surface area contributed by atoms with Crippen LogP contribution in [0, 0.1) is 0 Å². The number of fused-ring (bicyclic) bond motifs is 1. The lowest BCUT2D eigenvalue weighted by Gasteiger charge is -2.25. The van der Waals surface area contributed by atoms with Crippen LogP contribution in [0.5, 0.6) is 11.5 Å². The standard InChI is InChI=1S/C25H23BrN2O5S/c1-5-33-24(30)21-14(2)27-25-28(22(21)16-8-11-19(32-4)18(26)13-16)23(29)20(34-25)12-15-6-9-17(31-3)10-7-15/h6-13,22H,5H2,1-4H3/b20-12+/t22-/m0/s1. The molecule has 0 radical (unpaired) electrons. The molecule has 4 rings (SSSR count). The zero-order chi connectivity index (χ0) is 24.4. The van der Waals surface area contributed by atoms with Gasteiger partial charge in [0.15, 0.2) is 4.80 Å². The zero-order valence-corrected chi connectivity index (χ0v) is 21.5. The van der Waals surface area contributed by atoms with Crippen LogP contribution in [-0.4, -0.2) is 31.4 Å². The van der Waals surface area contributed by atoms with E-state index < -0.39 is 12.0 Å². The smallest absolute Gasteiger partial charge is 0.338 e. The molecular formula is C25H23BrN2O5S. The minimum Gasteiger partial charge on any atom is -0.497 e. The van der Waals surface area contributed by atoms with Crippen molar-refractivity contribution < 1.29 is 19.0 Å². The molecule has 2 heterocycles. The van der Waals surface area contributed by atoms with Crippen LogP contribution in [0.2, 0.25) is 0 Å². The average Bonchev–Trinajstić information content (AvgIpc) is 3.13. The van der Waals surface area contributed by atoms with Crippen molar-refractivity contribution in [3.05, 3.63) is 89.0 Å². The van der Waals surface area contributed by atoms with E-state index >= 15 is 0 Å². The molecular weight excluding hydrogens is 520 g/mol. The Bertz CT molecular complexity index is 1450. The van der Waals surface area contributed by atoms with Gasteiger partial charge in [0.2, 0.25) is 0 Å². The fourth-order valence-corrected chi connectivity index (χ4v) is 5.42. The van der Waals surface area contributed by atoms with Gasteiger partial charge in [-0.25, -0.2) is 9.79 Å². The molecule has 0 N–H and O–H groups in total. The number of allylic oxidation sites excluding steroid dienone is 1. The van der Waals surface area contributed by atoms with E-state index in [4.69, 9.17) is 14.2 Å². The Morgan fingerprint density at radius 2 is 1.91 bits per heavy atom. The summed E-state index contributed by atoms with van der Waals surface area (Å²) in [6, 6.07) is 12.2. The minimum atomic E-state index is -0.685. The molecule has 0 amide bonds. The predicted molar refractivity (Wildman–Crippen MR) is 134 cm³/mol. The van der Waals surface area contributed by atoms with Gasteiger partial charge < -0.3 is 14.2 Å². The van der Waals surface area contributed by atoms with E-state index in [1.165, 1.54) is 11.3 Å². The number of rotatable bonds is 6. The summed E-state index contributed by atoms with van der Waals surface area (Å²) in [4.78, 5) is 31.7. The summed E-state index contributed by atoms with van der Waals surface area (Å²) >= 11 is 4.80. The number of thiazole rings is 1. The summed E-state index contributed by atoms with van der Waals surface area (Å²) in [6.45, 7) is 3.73. The molecule has 0 saturated carbocycles. The van der Waals surface area contributed by atoms with Crippen LogP contribution in [-0.2, 0) is 9.53 Å². The zero-order valence-electron chi connectivity index (χ0n) is 19.1. The number of methoxy groups -OCH3 is 2. The van der Waals surface area contributed by atoms with Crippen molar-refractivity contribution in [3.63, 3.8) is 0 Å². The van der Waals surface area contributed by atoms with E-state index in [1.807, 2.05) is 42.5 Å². The third-order valence-electron chi connectivity index (χ3n) is 5.42. The SMILES string of the molecule is CCOC(=O)C1=C(C)N=c2s/c(=C/c3ccc(OC)cc3)c(=O)n2[C@H]1c1ccc(OC)c(Br)c1. The highest BCUT2D eigenvalue weighted by molar-refractivity contribution is 9.10. The fraction of sp³-hybridized carbons (Fsp3) is 0.240. The molecule has 1 aliphatic heterocycles. The third-order valence-corrected chi connectivity index (χ3v) is 7.02. The van der Waals surface area contributed by atoms with Crippen LogP contribution in [0.1, 0.15) is 31.0 Å². The minimum absolute atomic E-state index is 0.219. The second-order valence-electron chi connectivity index (χ2n) is 7.47. The Balaban J connectivity index is 1.93. The number of esters is 1. The van der Waals surface area contributed by atoms with Crippen LogP contribution in [0.3, 0.4) is 0 Å². The van der Waals surface area contributed by atoms with Gasteiger partial charge in [0.05, 0.1) is 47.1 Å². The number of carbonyl (C=O) groups excluding carboxylic acids is 1. The molecule has 9 heteroatoms. The second-order valence-corrected chi connectivity index (χ2v) is 9.33. The Morgan fingerprint density at radius 1 is 1.18 bits per heavy atom. The number of halogens is 1. The van der Waals surface area contributed by atoms with Gasteiger partial charge in [-0.05, 0) is 71.2 Å². The lowest BCUT2D eigenvalue weighted by Crippen LogP contribution is -2.39. The Kier molecular flexibility index (Phi) is 7.04. The highest BCUT2D eigenvalue weighted by Gasteiger charge is 2.33. The van der Waals surface area contributed by atoms with Crippen molar-refractivity contribution in [3.8, 4) is 11.5 Å². The van der Waals surface area contributed by atoms with Gasteiger partial charge in [0.25, 0.3) is 5.56 Å². The molecule has 0 saturated heterocycles. The van der Waals surface area contributed by atoms with Crippen molar-refractivity contribution in [2.75, 3.05) is 20.8 Å². The lowest BCUT2D eigenvalue weighted by molar-refractivity contribution is -0.139. The molecule has 1 atom stereocenters. The van der Waals surface area contributed by atoms with Gasteiger partial charge >= 0.3 is 5.97 Å². The van der Waals surface area contributed by atoms with E-state index in [0.717, 1.165) is 16.9 Å². The number of carbonyl (C=O) groups is 1. The van der Waals surface area contributed by atoms with E-state index in [0.29, 0.717) is 30.8 Å². The molecule has 2 aromatic carbocycles. The quantitative estimate of drug-likeness (QED) is 0.445. The van der Waals surface area contributed by atoms with Crippen molar-refractivity contribution in [1.82, 2.24) is 4.57 Å². The summed E-state index contributed by atoms with van der Waals surface area (Å²) in [5, 5.41) is 0. The van der Waals surface area contributed by atoms with E-state index in [1.54, 1.807) is 38.7 Å². The van der Waals surface area contributed by atoms with Crippen LogP contribution in [0.25, 0.3) is 6.08 Å². The maximum atomic E-state index is 13.6. The topological polar surface area (TPSA) is 79.1 Å². The molecule has 34 heavy (non-hydrogen) atoms. The van der Waals surface area contributed by atoms with E-state index in [9.17, 15) is 9.59 Å². The molecule has 7 nitrogen and oxygen atoms in total. The molecule has 1 aliphatic rings. The molecule has 0 aliphatic carbocycles. The third kappa shape index (κ3) is 4.45. The summed E-state index contributed by atoms with van der Waals surface area (Å²) in [5.74, 6) is 0.887. The molecule has 0 unspecified atom stereocenters. The van der Waals surface area contributed by atoms with Gasteiger partial charge in [-0.2, -0.15) is 0 Å². The lowest BCUT2D eigenvalue weighted by atomic mass is 9.96. The maximum absolute atomic E-state index is 13.6. The summed E-state index contributed by atoms with van der Waals surface area (Å²) < 4.78 is 18.7. The number of hydrogen-bond donors (Lipinski definition) is 0. The fourth-order valence-electron chi connectivity index (χ4n) is 3.81. The number of nitrogens with zero attached hydrogens (tertiary/aromatic N) is 2. The van der Waals surface area contributed by atoms with Gasteiger partial charge in [0.1, 0.15) is 11.5 Å². The monoisotopic (exact) mass is 542 g/mol. The van der Waals surface area contributed by atoms with E-state index in [-0.39, 0.29) is 12.2 Å². The number of hydrogen-bond acceptors (Lipinski definition) is 7. The molecule has 3 aromatic rings. The second kappa shape index (κ2) is 9.99. The largest absolute Gasteiger partial charge is 0.497 e.